The normalized spacial score (nSPS) is 11.8. The second-order valence-electron chi connectivity index (χ2n) is 28.6. The van der Waals surface area contributed by atoms with Crippen molar-refractivity contribution in [1.82, 2.24) is 29.1 Å². The molecular weight excluding hydrogens is 1330 g/mol. The van der Waals surface area contributed by atoms with Crippen molar-refractivity contribution in [1.29, 1.82) is 0 Å². The van der Waals surface area contributed by atoms with Gasteiger partial charge < -0.3 is 9.13 Å². The van der Waals surface area contributed by atoms with Gasteiger partial charge in [0.05, 0.1) is 66.6 Å². The Bertz CT molecular complexity index is 7640. The molecule has 0 aliphatic rings. The topological polar surface area (TPSA) is 61.4 Å². The summed E-state index contributed by atoms with van der Waals surface area (Å²) in [6.45, 7) is 0. The number of rotatable bonds is 8. The van der Waals surface area contributed by atoms with Crippen LogP contribution in [0.4, 0.5) is 0 Å². The van der Waals surface area contributed by atoms with Crippen LogP contribution >= 0.6 is 0 Å². The van der Waals surface area contributed by atoms with Gasteiger partial charge >= 0.3 is 0 Å². The summed E-state index contributed by atoms with van der Waals surface area (Å²) in [6.07, 6.45) is 0. The van der Waals surface area contributed by atoms with Crippen LogP contribution in [0.1, 0.15) is 0 Å². The van der Waals surface area contributed by atoms with Gasteiger partial charge in [-0.15, -0.1) is 0 Å². The molecule has 6 heteroatoms. The highest BCUT2D eigenvalue weighted by Gasteiger charge is 2.24. The van der Waals surface area contributed by atoms with E-state index in [0.29, 0.717) is 0 Å². The van der Waals surface area contributed by atoms with Gasteiger partial charge in [-0.05, 0) is 151 Å². The molecule has 0 atom stereocenters. The van der Waals surface area contributed by atoms with Crippen LogP contribution in [-0.4, -0.2) is 29.1 Å². The summed E-state index contributed by atoms with van der Waals surface area (Å²) in [6, 6.07) is 139. The van der Waals surface area contributed by atoms with Gasteiger partial charge in [-0.1, -0.05) is 303 Å². The molecule has 23 aromatic rings. The van der Waals surface area contributed by atoms with Crippen LogP contribution in [-0.2, 0) is 0 Å². The van der Waals surface area contributed by atoms with E-state index in [0.717, 1.165) is 99.3 Å². The van der Waals surface area contributed by atoms with Crippen molar-refractivity contribution >= 4 is 141 Å². The van der Waals surface area contributed by atoms with Crippen molar-refractivity contribution in [3.63, 3.8) is 0 Å². The summed E-state index contributed by atoms with van der Waals surface area (Å²) in [5.41, 5.74) is 26.4. The minimum atomic E-state index is 0.908. The van der Waals surface area contributed by atoms with E-state index in [9.17, 15) is 0 Å². The van der Waals surface area contributed by atoms with Crippen molar-refractivity contribution in [2.24, 2.45) is 0 Å². The summed E-state index contributed by atoms with van der Waals surface area (Å²) < 4.78 is 4.74. The van der Waals surface area contributed by atoms with Crippen LogP contribution < -0.4 is 0 Å². The lowest BCUT2D eigenvalue weighted by atomic mass is 9.86. The van der Waals surface area contributed by atoms with Crippen molar-refractivity contribution in [3.8, 4) is 78.4 Å². The molecule has 0 bridgehead atoms. The quantitative estimate of drug-likeness (QED) is 0.112. The molecule has 0 fully saturated rings. The first kappa shape index (κ1) is 62.6. The molecule has 0 N–H and O–H groups in total. The van der Waals surface area contributed by atoms with Crippen molar-refractivity contribution in [3.05, 3.63) is 388 Å². The van der Waals surface area contributed by atoms with Gasteiger partial charge in [0.15, 0.2) is 0 Å². The smallest absolute Gasteiger partial charge is 0.0978 e. The number of aromatic nitrogens is 6. The molecular formula is C104H64N6. The van der Waals surface area contributed by atoms with E-state index in [1.54, 1.807) is 0 Å². The first-order valence-corrected chi connectivity index (χ1v) is 37.6. The molecule has 0 saturated carbocycles. The molecule has 0 saturated heterocycles. The first-order valence-electron chi connectivity index (χ1n) is 37.6. The summed E-state index contributed by atoms with van der Waals surface area (Å²) in [7, 11) is 0. The highest BCUT2D eigenvalue weighted by Crippen LogP contribution is 2.48. The van der Waals surface area contributed by atoms with Crippen molar-refractivity contribution in [2.75, 3.05) is 0 Å². The number of para-hydroxylation sites is 6. The average Bonchev–Trinajstić information content (AvgIpc) is 1.16. The van der Waals surface area contributed by atoms with Gasteiger partial charge in [-0.25, -0.2) is 19.9 Å². The standard InChI is InChI=1S/C54H33N3.C50H31N3/c1-3-15-34(16-4-1)50-43-24-11-13-25-46(43)55-54-44(50)30-27-35-28-31-47(56-53(35)54)52-41-22-9-7-20-39(41)51(40-21-8-10-23-42(40)52)36-29-32-49-45(33-36)38-19-12-14-26-48(38)57(49)37-17-5-2-6-18-37;1-3-13-32(14-4-1)48-41-20-9-11-21-44(41)52-50-42(48)26-23-33-24-29-45(51-49(33)50)39-28-27-36(37-17-7-8-18-38(37)39)34-25-30-47-43(31-34)40-19-10-12-22-46(40)53(47)35-15-5-2-6-16-35/h1-33H;1-31H. The molecule has 0 unspecified atom stereocenters. The second kappa shape index (κ2) is 25.5. The second-order valence-corrected chi connectivity index (χ2v) is 28.6. The van der Waals surface area contributed by atoms with Crippen LogP contribution in [0.5, 0.6) is 0 Å². The van der Waals surface area contributed by atoms with Gasteiger partial charge in [0.2, 0.25) is 0 Å². The minimum Gasteiger partial charge on any atom is -0.309 e. The number of nitrogens with zero attached hydrogens (tertiary/aromatic N) is 6. The highest BCUT2D eigenvalue weighted by atomic mass is 15.0. The van der Waals surface area contributed by atoms with Gasteiger partial charge in [-0.3, -0.25) is 0 Å². The van der Waals surface area contributed by atoms with Crippen molar-refractivity contribution < 1.29 is 0 Å². The maximum atomic E-state index is 5.56. The van der Waals surface area contributed by atoms with E-state index in [1.807, 2.05) is 0 Å². The fraction of sp³-hybridized carbons (Fsp3) is 0. The van der Waals surface area contributed by atoms with E-state index in [4.69, 9.17) is 19.9 Å². The Morgan fingerprint density at radius 3 is 1.02 bits per heavy atom. The predicted octanol–water partition coefficient (Wildman–Crippen LogP) is 27.5. The molecule has 17 aromatic carbocycles. The maximum Gasteiger partial charge on any atom is 0.0978 e. The molecule has 6 aromatic heterocycles. The average molecular weight is 1400 g/mol. The molecule has 6 heterocycles. The van der Waals surface area contributed by atoms with E-state index in [2.05, 4.69) is 397 Å². The fourth-order valence-electron chi connectivity index (χ4n) is 17.7. The third-order valence-corrected chi connectivity index (χ3v) is 22.5. The Labute approximate surface area is 633 Å². The maximum absolute atomic E-state index is 5.56. The Morgan fingerprint density at radius 2 is 0.518 bits per heavy atom. The van der Waals surface area contributed by atoms with Crippen molar-refractivity contribution in [2.45, 2.75) is 0 Å². The molecule has 0 spiro atoms. The summed E-state index contributed by atoms with van der Waals surface area (Å²) in [5.74, 6) is 0. The van der Waals surface area contributed by atoms with E-state index in [-0.39, 0.29) is 0 Å². The zero-order valence-corrected chi connectivity index (χ0v) is 59.6. The van der Waals surface area contributed by atoms with Crippen LogP contribution in [0, 0.1) is 0 Å². The number of pyridine rings is 4. The number of fused-ring (bicyclic) bond motifs is 17. The number of hydrogen-bond donors (Lipinski definition) is 0. The molecule has 6 nitrogen and oxygen atoms in total. The molecule has 110 heavy (non-hydrogen) atoms. The SMILES string of the molecule is c1ccc(-c2c3ccccc3nc3c2ccc2ccc(-c4c5ccccc5c(-c5ccc6c(c5)c5ccccc5n6-c5ccccc5)c5ccccc45)nc23)cc1.c1ccc(-c2c3ccccc3nc3c2ccc2ccc(-c4ccc(-c5ccc6c(c5)c5ccccc5n6-c5ccccc5)c5ccccc45)nc23)cc1. The molecule has 0 aliphatic heterocycles. The highest BCUT2D eigenvalue weighted by molar-refractivity contribution is 6.24. The van der Waals surface area contributed by atoms with Gasteiger partial charge in [-0.2, -0.15) is 0 Å². The summed E-state index contributed by atoms with van der Waals surface area (Å²) in [5, 5.41) is 18.7. The van der Waals surface area contributed by atoms with E-state index >= 15 is 0 Å². The fourth-order valence-corrected chi connectivity index (χ4v) is 17.7. The van der Waals surface area contributed by atoms with Gasteiger partial charge in [0.1, 0.15) is 0 Å². The third-order valence-electron chi connectivity index (χ3n) is 22.5. The number of hydrogen-bond acceptors (Lipinski definition) is 4. The largest absolute Gasteiger partial charge is 0.309 e. The summed E-state index contributed by atoms with van der Waals surface area (Å²) in [4.78, 5) is 21.5. The van der Waals surface area contributed by atoms with Gasteiger partial charge in [0, 0.05) is 87.5 Å². The van der Waals surface area contributed by atoms with Crippen LogP contribution in [0.3, 0.4) is 0 Å². The first-order chi connectivity index (χ1) is 54.6. The molecule has 0 amide bonds. The molecule has 510 valence electrons. The lowest BCUT2D eigenvalue weighted by Crippen LogP contribution is -1.95. The Kier molecular flexibility index (Phi) is 14.5. The molecule has 0 aliphatic carbocycles. The lowest BCUT2D eigenvalue weighted by Gasteiger charge is -2.18. The Morgan fingerprint density at radius 1 is 0.173 bits per heavy atom. The van der Waals surface area contributed by atoms with E-state index < -0.39 is 0 Å². The third kappa shape index (κ3) is 10.0. The molecule has 0 radical (unpaired) electrons. The Balaban J connectivity index is 0.000000136. The Hall–Kier alpha value is -14.7. The zero-order chi connectivity index (χ0) is 72.3. The van der Waals surface area contributed by atoms with Crippen LogP contribution in [0.25, 0.3) is 220 Å². The monoisotopic (exact) mass is 1400 g/mol. The predicted molar refractivity (Wildman–Crippen MR) is 463 cm³/mol. The minimum absolute atomic E-state index is 0.908. The van der Waals surface area contributed by atoms with E-state index in [1.165, 1.54) is 120 Å². The summed E-state index contributed by atoms with van der Waals surface area (Å²) >= 11 is 0. The van der Waals surface area contributed by atoms with Crippen LogP contribution in [0.15, 0.2) is 388 Å². The van der Waals surface area contributed by atoms with Crippen LogP contribution in [0.2, 0.25) is 0 Å². The lowest BCUT2D eigenvalue weighted by molar-refractivity contribution is 1.18. The zero-order valence-electron chi connectivity index (χ0n) is 59.6. The van der Waals surface area contributed by atoms with Gasteiger partial charge in [0.25, 0.3) is 0 Å². The molecule has 23 rings (SSSR count). The number of benzene rings is 17.